The van der Waals surface area contributed by atoms with Crippen molar-refractivity contribution >= 4 is 32.8 Å². The molecule has 0 aliphatic rings. The largest absolute Gasteiger partial charge is 0.486 e. The lowest BCUT2D eigenvalue weighted by Gasteiger charge is -2.01. The van der Waals surface area contributed by atoms with Crippen LogP contribution in [0.4, 0.5) is 0 Å². The molecule has 0 aromatic carbocycles. The summed E-state index contributed by atoms with van der Waals surface area (Å²) in [4.78, 5) is 3.83. The van der Waals surface area contributed by atoms with Gasteiger partial charge in [-0.25, -0.2) is 0 Å². The number of hydrazone groups is 1. The first-order chi connectivity index (χ1) is 4.66. The third-order valence-electron chi connectivity index (χ3n) is 0.547. The van der Waals surface area contributed by atoms with E-state index in [0.717, 1.165) is 0 Å². The topological polar surface area (TPSA) is 37.2 Å². The summed E-state index contributed by atoms with van der Waals surface area (Å²) < 4.78 is 5.24. The molecule has 0 bridgehead atoms. The number of amidine groups is 1. The Labute approximate surface area is 74.1 Å². The summed E-state index contributed by atoms with van der Waals surface area (Å²) in [6, 6.07) is 0. The van der Waals surface area contributed by atoms with E-state index in [-0.39, 0.29) is 0 Å². The minimum absolute atomic E-state index is 0.643. The molecule has 0 N–H and O–H groups in total. The van der Waals surface area contributed by atoms with Gasteiger partial charge in [0.1, 0.15) is 0 Å². The van der Waals surface area contributed by atoms with Crippen LogP contribution in [0.5, 0.6) is 0 Å². The predicted molar refractivity (Wildman–Crippen MR) is 50.6 cm³/mol. The Morgan fingerprint density at radius 2 is 2.20 bits per heavy atom. The van der Waals surface area contributed by atoms with Gasteiger partial charge in [-0.3, -0.25) is 0 Å². The van der Waals surface area contributed by atoms with Gasteiger partial charge in [-0.15, -0.1) is 0 Å². The zero-order chi connectivity index (χ0) is 7.98. The van der Waals surface area contributed by atoms with Gasteiger partial charge in [-0.05, 0) is 0 Å². The number of halogens is 1. The average molecular weight is 255 g/mol. The van der Waals surface area contributed by atoms with E-state index in [4.69, 9.17) is 0 Å². The first-order valence-corrected chi connectivity index (χ1v) is 3.71. The number of hydrogen-bond donors (Lipinski definition) is 0. The zero-order valence-electron chi connectivity index (χ0n) is 6.21. The zero-order valence-corrected chi connectivity index (χ0v) is 8.36. The highest BCUT2D eigenvalue weighted by Crippen LogP contribution is 1.92. The predicted octanol–water partition coefficient (Wildman–Crippen LogP) is 0.929. The number of methoxy groups -OCH3 is 1. The number of nitrogens with zero attached hydrogens (tertiary/aromatic N) is 3. The molecule has 0 amide bonds. The summed E-state index contributed by atoms with van der Waals surface area (Å²) in [5, 5.41) is 5.65. The molecule has 58 valence electrons. The molecule has 0 spiro atoms. The van der Waals surface area contributed by atoms with Crippen molar-refractivity contribution in [2.45, 2.75) is 0 Å². The summed E-state index contributed by atoms with van der Waals surface area (Å²) >= 11 is 2.01. The van der Waals surface area contributed by atoms with Gasteiger partial charge in [0.15, 0.2) is 6.40 Å². The maximum absolute atomic E-state index is 4.60. The van der Waals surface area contributed by atoms with E-state index in [0.29, 0.717) is 3.84 Å². The van der Waals surface area contributed by atoms with E-state index in [1.807, 2.05) is 36.7 Å². The van der Waals surface area contributed by atoms with Crippen molar-refractivity contribution < 1.29 is 4.74 Å². The second kappa shape index (κ2) is 5.45. The van der Waals surface area contributed by atoms with Crippen molar-refractivity contribution in [1.82, 2.24) is 5.01 Å². The van der Waals surface area contributed by atoms with Crippen LogP contribution in [0.2, 0.25) is 0 Å². The normalized spacial score (nSPS) is 12.2. The fourth-order valence-electron chi connectivity index (χ4n) is 0.287. The summed E-state index contributed by atoms with van der Waals surface area (Å²) in [6.07, 6.45) is 1.34. The summed E-state index contributed by atoms with van der Waals surface area (Å²) in [5.41, 5.74) is 0. The standard InChI is InChI=1S/C5H10IN3O/c1-9(2)8-5(6)7-4-10-3/h4H,1-3H3/b7-4+,8-5-. The van der Waals surface area contributed by atoms with E-state index < -0.39 is 0 Å². The number of aliphatic imine (C=N–C) groups is 1. The van der Waals surface area contributed by atoms with Gasteiger partial charge in [-0.2, -0.15) is 10.1 Å². The Morgan fingerprint density at radius 1 is 1.60 bits per heavy atom. The summed E-state index contributed by atoms with van der Waals surface area (Å²) in [7, 11) is 5.21. The van der Waals surface area contributed by atoms with Gasteiger partial charge in [0.05, 0.1) is 7.11 Å². The van der Waals surface area contributed by atoms with Crippen LogP contribution in [0.15, 0.2) is 10.1 Å². The average Bonchev–Trinajstić information content (AvgIpc) is 1.82. The van der Waals surface area contributed by atoms with E-state index >= 15 is 0 Å². The highest BCUT2D eigenvalue weighted by molar-refractivity contribution is 14.1. The minimum atomic E-state index is 0.643. The van der Waals surface area contributed by atoms with Crippen molar-refractivity contribution in [2.24, 2.45) is 10.1 Å². The molecule has 0 unspecified atom stereocenters. The van der Waals surface area contributed by atoms with Gasteiger partial charge >= 0.3 is 0 Å². The fourth-order valence-corrected chi connectivity index (χ4v) is 0.832. The van der Waals surface area contributed by atoms with Gasteiger partial charge in [-0.1, -0.05) is 0 Å². The van der Waals surface area contributed by atoms with Crippen molar-refractivity contribution in [1.29, 1.82) is 0 Å². The van der Waals surface area contributed by atoms with Crippen molar-refractivity contribution in [3.8, 4) is 0 Å². The minimum Gasteiger partial charge on any atom is -0.486 e. The van der Waals surface area contributed by atoms with Crippen LogP contribution in [-0.4, -0.2) is 36.5 Å². The fraction of sp³-hybridized carbons (Fsp3) is 0.600. The van der Waals surface area contributed by atoms with Crippen molar-refractivity contribution in [2.75, 3.05) is 21.2 Å². The molecule has 0 fully saturated rings. The molecule has 5 heteroatoms. The van der Waals surface area contributed by atoms with E-state index in [2.05, 4.69) is 14.8 Å². The summed E-state index contributed by atoms with van der Waals surface area (Å²) in [5.74, 6) is 0. The van der Waals surface area contributed by atoms with Gasteiger partial charge < -0.3 is 9.75 Å². The first-order valence-electron chi connectivity index (χ1n) is 2.63. The number of ether oxygens (including phenoxy) is 1. The Hall–Kier alpha value is -0.330. The molecule has 0 saturated heterocycles. The summed E-state index contributed by atoms with van der Waals surface area (Å²) in [6.45, 7) is 0. The van der Waals surface area contributed by atoms with E-state index in [1.54, 1.807) is 12.1 Å². The Balaban J connectivity index is 3.82. The van der Waals surface area contributed by atoms with Gasteiger partial charge in [0, 0.05) is 36.7 Å². The Bertz CT molecular complexity index is 144. The third-order valence-corrected chi connectivity index (χ3v) is 1.04. The SMILES string of the molecule is CO/C=N/C(I)=N\N(C)C. The maximum atomic E-state index is 4.60. The van der Waals surface area contributed by atoms with Crippen molar-refractivity contribution in [3.05, 3.63) is 0 Å². The molecule has 0 aliphatic carbocycles. The molecular weight excluding hydrogens is 245 g/mol. The third kappa shape index (κ3) is 5.80. The van der Waals surface area contributed by atoms with Crippen LogP contribution in [0.3, 0.4) is 0 Å². The second-order valence-corrected chi connectivity index (χ2v) is 2.65. The molecule has 0 aromatic heterocycles. The van der Waals surface area contributed by atoms with Crippen LogP contribution in [-0.2, 0) is 4.74 Å². The van der Waals surface area contributed by atoms with Gasteiger partial charge in [0.2, 0.25) is 3.84 Å². The lowest BCUT2D eigenvalue weighted by molar-refractivity contribution is 0.422. The quantitative estimate of drug-likeness (QED) is 0.242. The smallest absolute Gasteiger partial charge is 0.212 e. The van der Waals surface area contributed by atoms with Crippen LogP contribution in [0, 0.1) is 0 Å². The molecule has 0 aromatic rings. The molecule has 0 rings (SSSR count). The molecule has 0 atom stereocenters. The number of rotatable bonds is 2. The molecule has 0 heterocycles. The second-order valence-electron chi connectivity index (χ2n) is 1.69. The van der Waals surface area contributed by atoms with Gasteiger partial charge in [0.25, 0.3) is 0 Å². The highest BCUT2D eigenvalue weighted by atomic mass is 127. The van der Waals surface area contributed by atoms with E-state index in [1.165, 1.54) is 6.40 Å². The lowest BCUT2D eigenvalue weighted by atomic mass is 11.1. The molecule has 0 aliphatic heterocycles. The molecule has 0 radical (unpaired) electrons. The maximum Gasteiger partial charge on any atom is 0.212 e. The van der Waals surface area contributed by atoms with Crippen LogP contribution < -0.4 is 0 Å². The van der Waals surface area contributed by atoms with Crippen LogP contribution in [0.25, 0.3) is 0 Å². The lowest BCUT2D eigenvalue weighted by Crippen LogP contribution is -2.03. The molecule has 4 nitrogen and oxygen atoms in total. The Kier molecular flexibility index (Phi) is 5.27. The number of hydrogen-bond acceptors (Lipinski definition) is 3. The molecule has 10 heavy (non-hydrogen) atoms. The van der Waals surface area contributed by atoms with Crippen LogP contribution >= 0.6 is 22.6 Å². The first kappa shape index (κ1) is 9.67. The van der Waals surface area contributed by atoms with E-state index in [9.17, 15) is 0 Å². The van der Waals surface area contributed by atoms with Crippen molar-refractivity contribution in [3.63, 3.8) is 0 Å². The molecule has 0 saturated carbocycles. The monoisotopic (exact) mass is 255 g/mol. The molecular formula is C5H10IN3O. The highest BCUT2D eigenvalue weighted by Gasteiger charge is 1.86. The van der Waals surface area contributed by atoms with Crippen LogP contribution in [0.1, 0.15) is 0 Å². The Morgan fingerprint density at radius 3 is 2.60 bits per heavy atom.